The fraction of sp³-hybridized carbons (Fsp3) is 0.533. The zero-order chi connectivity index (χ0) is 13.4. The van der Waals surface area contributed by atoms with E-state index in [9.17, 15) is 0 Å². The van der Waals surface area contributed by atoms with E-state index in [0.717, 1.165) is 48.4 Å². The van der Waals surface area contributed by atoms with Crippen molar-refractivity contribution < 1.29 is 4.74 Å². The Bertz CT molecular complexity index is 584. The van der Waals surface area contributed by atoms with Crippen LogP contribution in [0, 0.1) is 0 Å². The lowest BCUT2D eigenvalue weighted by atomic mass is 10.1. The number of imidazole rings is 1. The number of nitrogens with two attached hydrogens (primary N) is 1. The molecule has 0 aliphatic carbocycles. The largest absolute Gasteiger partial charge is 0.399 e. The molecule has 2 aromatic rings. The van der Waals surface area contributed by atoms with Gasteiger partial charge in [0.1, 0.15) is 5.82 Å². The van der Waals surface area contributed by atoms with Gasteiger partial charge in [0.25, 0.3) is 0 Å². The summed E-state index contributed by atoms with van der Waals surface area (Å²) in [6, 6.07) is 6.29. The summed E-state index contributed by atoms with van der Waals surface area (Å²) >= 11 is 0. The highest BCUT2D eigenvalue weighted by Crippen LogP contribution is 2.30. The van der Waals surface area contributed by atoms with Crippen LogP contribution in [-0.2, 0) is 11.2 Å². The number of hydrogen-bond acceptors (Lipinski definition) is 3. The minimum atomic E-state index is 0.306. The van der Waals surface area contributed by atoms with Crippen LogP contribution in [0.4, 0.5) is 5.69 Å². The van der Waals surface area contributed by atoms with Crippen molar-refractivity contribution in [2.45, 2.75) is 45.3 Å². The van der Waals surface area contributed by atoms with Gasteiger partial charge in [-0.3, -0.25) is 0 Å². The van der Waals surface area contributed by atoms with Gasteiger partial charge in [0, 0.05) is 18.7 Å². The molecule has 2 heterocycles. The number of fused-ring (bicyclic) bond motifs is 1. The molecule has 19 heavy (non-hydrogen) atoms. The van der Waals surface area contributed by atoms with Crippen LogP contribution in [0.5, 0.6) is 0 Å². The molecule has 3 rings (SSSR count). The Morgan fingerprint density at radius 3 is 3.05 bits per heavy atom. The molecule has 0 spiro atoms. The zero-order valence-electron chi connectivity index (χ0n) is 11.6. The van der Waals surface area contributed by atoms with E-state index < -0.39 is 0 Å². The number of ether oxygens (including phenoxy) is 1. The summed E-state index contributed by atoms with van der Waals surface area (Å²) in [6.45, 7) is 5.26. The quantitative estimate of drug-likeness (QED) is 0.862. The fourth-order valence-electron chi connectivity index (χ4n) is 3.02. The number of nitrogens with zero attached hydrogens (tertiary/aromatic N) is 2. The molecule has 1 aromatic heterocycles. The maximum absolute atomic E-state index is 5.85. The summed E-state index contributed by atoms with van der Waals surface area (Å²) in [5.74, 6) is 1.11. The van der Waals surface area contributed by atoms with E-state index in [1.807, 2.05) is 12.1 Å². The van der Waals surface area contributed by atoms with Crippen molar-refractivity contribution in [2.24, 2.45) is 0 Å². The number of aromatic nitrogens is 2. The van der Waals surface area contributed by atoms with E-state index in [0.29, 0.717) is 12.1 Å². The average molecular weight is 259 g/mol. The van der Waals surface area contributed by atoms with Crippen molar-refractivity contribution in [3.8, 4) is 0 Å². The molecule has 1 aliphatic heterocycles. The smallest absolute Gasteiger partial charge is 0.109 e. The third-order valence-corrected chi connectivity index (χ3v) is 4.01. The molecular weight excluding hydrogens is 238 g/mol. The first-order valence-electron chi connectivity index (χ1n) is 7.08. The molecule has 1 aromatic carbocycles. The van der Waals surface area contributed by atoms with Crippen LogP contribution in [0.3, 0.4) is 0 Å². The van der Waals surface area contributed by atoms with E-state index in [2.05, 4.69) is 24.5 Å². The lowest BCUT2D eigenvalue weighted by Gasteiger charge is -2.22. The maximum Gasteiger partial charge on any atom is 0.109 e. The first kappa shape index (κ1) is 12.5. The van der Waals surface area contributed by atoms with Crippen molar-refractivity contribution >= 4 is 16.7 Å². The van der Waals surface area contributed by atoms with Crippen LogP contribution in [0.1, 0.15) is 38.6 Å². The average Bonchev–Trinajstić information content (AvgIpc) is 3.04. The molecule has 4 heteroatoms. The second-order valence-corrected chi connectivity index (χ2v) is 5.29. The Morgan fingerprint density at radius 2 is 2.37 bits per heavy atom. The molecule has 1 saturated heterocycles. The highest BCUT2D eigenvalue weighted by atomic mass is 16.5. The van der Waals surface area contributed by atoms with Crippen molar-refractivity contribution in [3.63, 3.8) is 0 Å². The van der Waals surface area contributed by atoms with Gasteiger partial charge >= 0.3 is 0 Å². The van der Waals surface area contributed by atoms with Crippen LogP contribution in [-0.4, -0.2) is 22.3 Å². The van der Waals surface area contributed by atoms with Gasteiger partial charge in [-0.15, -0.1) is 0 Å². The number of aryl methyl sites for hydroxylation is 1. The number of benzene rings is 1. The van der Waals surface area contributed by atoms with Crippen molar-refractivity contribution in [2.75, 3.05) is 12.3 Å². The zero-order valence-corrected chi connectivity index (χ0v) is 11.6. The molecule has 0 amide bonds. The molecule has 0 saturated carbocycles. The molecule has 2 N–H and O–H groups in total. The third kappa shape index (κ3) is 2.10. The highest BCUT2D eigenvalue weighted by Gasteiger charge is 2.26. The fourth-order valence-corrected chi connectivity index (χ4v) is 3.02. The van der Waals surface area contributed by atoms with E-state index in [1.54, 1.807) is 0 Å². The molecule has 1 fully saturated rings. The minimum Gasteiger partial charge on any atom is -0.399 e. The second-order valence-electron chi connectivity index (χ2n) is 5.29. The molecular formula is C15H21N3O. The topological polar surface area (TPSA) is 53.1 Å². The summed E-state index contributed by atoms with van der Waals surface area (Å²) in [4.78, 5) is 4.71. The number of anilines is 1. The standard InChI is InChI=1S/C15H21N3O/c1-3-15-17-12-9-11(16)6-7-13(12)18(15)10(2)14-5-4-8-19-14/h6-7,9-10,14H,3-5,8,16H2,1-2H3. The van der Waals surface area contributed by atoms with Gasteiger partial charge in [-0.1, -0.05) is 6.92 Å². The summed E-state index contributed by atoms with van der Waals surface area (Å²) in [5.41, 5.74) is 8.77. The van der Waals surface area contributed by atoms with Gasteiger partial charge in [0.2, 0.25) is 0 Å². The van der Waals surface area contributed by atoms with Gasteiger partial charge in [0.15, 0.2) is 0 Å². The predicted molar refractivity (Wildman–Crippen MR) is 77.2 cm³/mol. The lowest BCUT2D eigenvalue weighted by molar-refractivity contribution is 0.0736. The number of nitrogen functional groups attached to an aromatic ring is 1. The molecule has 0 bridgehead atoms. The van der Waals surface area contributed by atoms with Gasteiger partial charge in [-0.25, -0.2) is 4.98 Å². The third-order valence-electron chi connectivity index (χ3n) is 4.01. The van der Waals surface area contributed by atoms with Gasteiger partial charge < -0.3 is 15.0 Å². The summed E-state index contributed by atoms with van der Waals surface area (Å²) < 4.78 is 8.16. The monoisotopic (exact) mass is 259 g/mol. The summed E-state index contributed by atoms with van der Waals surface area (Å²) in [6.07, 6.45) is 3.53. The Kier molecular flexibility index (Phi) is 3.19. The maximum atomic E-state index is 5.85. The minimum absolute atomic E-state index is 0.306. The Labute approximate surface area is 113 Å². The number of hydrogen-bond donors (Lipinski definition) is 1. The summed E-state index contributed by atoms with van der Waals surface area (Å²) in [5, 5.41) is 0. The lowest BCUT2D eigenvalue weighted by Crippen LogP contribution is -2.22. The van der Waals surface area contributed by atoms with Crippen LogP contribution < -0.4 is 5.73 Å². The normalized spacial score (nSPS) is 21.1. The van der Waals surface area contributed by atoms with Crippen molar-refractivity contribution in [1.82, 2.24) is 9.55 Å². The van der Waals surface area contributed by atoms with Gasteiger partial charge in [-0.05, 0) is 38.0 Å². The Balaban J connectivity index is 2.09. The van der Waals surface area contributed by atoms with E-state index in [1.165, 1.54) is 0 Å². The van der Waals surface area contributed by atoms with Crippen molar-refractivity contribution in [1.29, 1.82) is 0 Å². The first-order valence-corrected chi connectivity index (χ1v) is 7.08. The van der Waals surface area contributed by atoms with Gasteiger partial charge in [-0.2, -0.15) is 0 Å². The molecule has 2 atom stereocenters. The van der Waals surface area contributed by atoms with E-state index in [-0.39, 0.29) is 0 Å². The van der Waals surface area contributed by atoms with E-state index >= 15 is 0 Å². The first-order chi connectivity index (χ1) is 9.20. The summed E-state index contributed by atoms with van der Waals surface area (Å²) in [7, 11) is 0. The molecule has 2 unspecified atom stereocenters. The van der Waals surface area contributed by atoms with Crippen LogP contribution in [0.25, 0.3) is 11.0 Å². The van der Waals surface area contributed by atoms with Gasteiger partial charge in [0.05, 0.1) is 23.2 Å². The Hall–Kier alpha value is -1.55. The van der Waals surface area contributed by atoms with Crippen LogP contribution in [0.2, 0.25) is 0 Å². The predicted octanol–water partition coefficient (Wildman–Crippen LogP) is 2.92. The molecule has 4 nitrogen and oxygen atoms in total. The van der Waals surface area contributed by atoms with Crippen LogP contribution >= 0.6 is 0 Å². The Morgan fingerprint density at radius 1 is 1.53 bits per heavy atom. The molecule has 1 aliphatic rings. The van der Waals surface area contributed by atoms with Crippen LogP contribution in [0.15, 0.2) is 18.2 Å². The molecule has 0 radical (unpaired) electrons. The molecule has 102 valence electrons. The SMILES string of the molecule is CCc1nc2cc(N)ccc2n1C(C)C1CCCO1. The highest BCUT2D eigenvalue weighted by molar-refractivity contribution is 5.79. The second kappa shape index (κ2) is 4.85. The van der Waals surface area contributed by atoms with E-state index in [4.69, 9.17) is 15.5 Å². The number of rotatable bonds is 3. The van der Waals surface area contributed by atoms with Crippen molar-refractivity contribution in [3.05, 3.63) is 24.0 Å².